The van der Waals surface area contributed by atoms with Crippen LogP contribution in [0.3, 0.4) is 0 Å². The summed E-state index contributed by atoms with van der Waals surface area (Å²) >= 11 is 0. The fourth-order valence-corrected chi connectivity index (χ4v) is 1.18. The minimum atomic E-state index is -1.20. The summed E-state index contributed by atoms with van der Waals surface area (Å²) < 4.78 is 0. The maximum atomic E-state index is 11.6. The van der Waals surface area contributed by atoms with E-state index in [0.29, 0.717) is 5.56 Å². The highest BCUT2D eigenvalue weighted by molar-refractivity contribution is 6.20. The number of aromatic nitrogens is 1. The molecule has 0 saturated heterocycles. The molecule has 1 aromatic heterocycles. The average molecular weight is 219 g/mol. The Hall–Kier alpha value is -1.97. The number of carbonyl (C=O) groups is 2. The van der Waals surface area contributed by atoms with Gasteiger partial charge in [0, 0.05) is 18.3 Å². The van der Waals surface area contributed by atoms with Gasteiger partial charge in [0.05, 0.1) is 0 Å². The molecule has 0 fully saturated rings. The smallest absolute Gasteiger partial charge is 0.339 e. The first-order chi connectivity index (χ1) is 7.52. The molecule has 4 heteroatoms. The molecule has 0 bridgehead atoms. The van der Waals surface area contributed by atoms with Crippen molar-refractivity contribution in [2.75, 3.05) is 0 Å². The summed E-state index contributed by atoms with van der Waals surface area (Å²) in [5.41, 5.74) is 0.461. The second-order valence-corrected chi connectivity index (χ2v) is 3.66. The number of Topliss-reactive ketones (excluding diaryl/α,β-unsaturated/α-hetero) is 1. The van der Waals surface area contributed by atoms with Crippen LogP contribution in [0.25, 0.3) is 6.08 Å². The molecule has 84 valence electrons. The van der Waals surface area contributed by atoms with Crippen LogP contribution in [0.4, 0.5) is 0 Å². The van der Waals surface area contributed by atoms with Crippen molar-refractivity contribution >= 4 is 17.8 Å². The number of carboxylic acid groups (broad SMARTS) is 1. The van der Waals surface area contributed by atoms with Crippen molar-refractivity contribution in [3.8, 4) is 0 Å². The molecule has 0 aliphatic heterocycles. The Labute approximate surface area is 93.6 Å². The molecule has 1 aromatic rings. The Kier molecular flexibility index (Phi) is 3.94. The van der Waals surface area contributed by atoms with Gasteiger partial charge in [0.15, 0.2) is 5.78 Å². The standard InChI is InChI=1S/C12H13NO3/c1-8(2)11(14)10(12(15)16)7-9-3-5-13-6-4-9/h3-8H,1-2H3,(H,15,16)/b10-7-. The van der Waals surface area contributed by atoms with Crippen molar-refractivity contribution in [1.29, 1.82) is 0 Å². The van der Waals surface area contributed by atoms with E-state index in [1.165, 1.54) is 6.08 Å². The molecule has 0 aromatic carbocycles. The Bertz CT molecular complexity index is 421. The minimum Gasteiger partial charge on any atom is -0.478 e. The highest BCUT2D eigenvalue weighted by Crippen LogP contribution is 2.11. The van der Waals surface area contributed by atoms with E-state index in [9.17, 15) is 9.59 Å². The van der Waals surface area contributed by atoms with Gasteiger partial charge in [-0.3, -0.25) is 9.78 Å². The van der Waals surface area contributed by atoms with Crippen LogP contribution in [-0.4, -0.2) is 21.8 Å². The van der Waals surface area contributed by atoms with E-state index in [-0.39, 0.29) is 17.3 Å². The zero-order chi connectivity index (χ0) is 12.1. The molecule has 0 atom stereocenters. The Morgan fingerprint density at radius 2 is 1.88 bits per heavy atom. The van der Waals surface area contributed by atoms with Gasteiger partial charge in [0.25, 0.3) is 0 Å². The average Bonchev–Trinajstić information content (AvgIpc) is 2.26. The Balaban J connectivity index is 3.09. The van der Waals surface area contributed by atoms with Crippen molar-refractivity contribution < 1.29 is 14.7 Å². The van der Waals surface area contributed by atoms with Gasteiger partial charge < -0.3 is 5.11 Å². The predicted molar refractivity (Wildman–Crippen MR) is 59.7 cm³/mol. The normalized spacial score (nSPS) is 11.6. The minimum absolute atomic E-state index is 0.193. The first-order valence-electron chi connectivity index (χ1n) is 4.91. The summed E-state index contributed by atoms with van der Waals surface area (Å²) in [6.45, 7) is 3.34. The van der Waals surface area contributed by atoms with Crippen LogP contribution in [0.15, 0.2) is 30.1 Å². The van der Waals surface area contributed by atoms with Crippen LogP contribution < -0.4 is 0 Å². The van der Waals surface area contributed by atoms with Gasteiger partial charge in [0.2, 0.25) is 0 Å². The SMILES string of the molecule is CC(C)C(=O)/C(=C/c1ccncc1)C(=O)O. The van der Waals surface area contributed by atoms with Gasteiger partial charge in [-0.1, -0.05) is 13.8 Å². The monoisotopic (exact) mass is 219 g/mol. The van der Waals surface area contributed by atoms with Crippen molar-refractivity contribution in [2.24, 2.45) is 5.92 Å². The fourth-order valence-electron chi connectivity index (χ4n) is 1.18. The molecular formula is C12H13NO3. The lowest BCUT2D eigenvalue weighted by Gasteiger charge is -2.04. The lowest BCUT2D eigenvalue weighted by molar-refractivity contribution is -0.135. The molecule has 0 saturated carbocycles. The van der Waals surface area contributed by atoms with Crippen molar-refractivity contribution in [3.05, 3.63) is 35.7 Å². The van der Waals surface area contributed by atoms with Crippen molar-refractivity contribution in [1.82, 2.24) is 4.98 Å². The number of rotatable bonds is 4. The molecular weight excluding hydrogens is 206 g/mol. The van der Waals surface area contributed by atoms with Crippen LogP contribution in [0.1, 0.15) is 19.4 Å². The number of carboxylic acids is 1. The third-order valence-electron chi connectivity index (χ3n) is 2.04. The van der Waals surface area contributed by atoms with Crippen molar-refractivity contribution in [3.63, 3.8) is 0 Å². The van der Waals surface area contributed by atoms with Gasteiger partial charge in [-0.2, -0.15) is 0 Å². The predicted octanol–water partition coefficient (Wildman–Crippen LogP) is 1.77. The molecule has 16 heavy (non-hydrogen) atoms. The second kappa shape index (κ2) is 5.21. The van der Waals surface area contributed by atoms with Crippen LogP contribution >= 0.6 is 0 Å². The molecule has 1 rings (SSSR count). The zero-order valence-corrected chi connectivity index (χ0v) is 9.18. The Morgan fingerprint density at radius 3 is 2.31 bits per heavy atom. The summed E-state index contributed by atoms with van der Waals surface area (Å²) in [6.07, 6.45) is 4.46. The number of nitrogens with zero attached hydrogens (tertiary/aromatic N) is 1. The molecule has 0 unspecified atom stereocenters. The van der Waals surface area contributed by atoms with E-state index in [1.54, 1.807) is 38.4 Å². The maximum absolute atomic E-state index is 11.6. The highest BCUT2D eigenvalue weighted by atomic mass is 16.4. The van der Waals surface area contributed by atoms with Gasteiger partial charge in [-0.15, -0.1) is 0 Å². The van der Waals surface area contributed by atoms with E-state index in [1.807, 2.05) is 0 Å². The number of hydrogen-bond acceptors (Lipinski definition) is 3. The van der Waals surface area contributed by atoms with Gasteiger partial charge in [-0.05, 0) is 23.8 Å². The second-order valence-electron chi connectivity index (χ2n) is 3.66. The summed E-state index contributed by atoms with van der Waals surface area (Å²) in [7, 11) is 0. The summed E-state index contributed by atoms with van der Waals surface area (Å²) in [4.78, 5) is 26.4. The number of aliphatic carboxylic acids is 1. The first kappa shape index (κ1) is 12.1. The van der Waals surface area contributed by atoms with E-state index < -0.39 is 5.97 Å². The Morgan fingerprint density at radius 1 is 1.31 bits per heavy atom. The maximum Gasteiger partial charge on any atom is 0.339 e. The number of carbonyl (C=O) groups excluding carboxylic acids is 1. The zero-order valence-electron chi connectivity index (χ0n) is 9.18. The van der Waals surface area contributed by atoms with Crippen LogP contribution in [0.2, 0.25) is 0 Å². The number of ketones is 1. The van der Waals surface area contributed by atoms with E-state index in [2.05, 4.69) is 4.98 Å². The van der Waals surface area contributed by atoms with Crippen LogP contribution in [0.5, 0.6) is 0 Å². The molecule has 0 radical (unpaired) electrons. The molecule has 1 N–H and O–H groups in total. The number of pyridine rings is 1. The van der Waals surface area contributed by atoms with Crippen LogP contribution in [0, 0.1) is 5.92 Å². The summed E-state index contributed by atoms with van der Waals surface area (Å²) in [5.74, 6) is -1.90. The van der Waals surface area contributed by atoms with E-state index in [4.69, 9.17) is 5.11 Å². The number of hydrogen-bond donors (Lipinski definition) is 1. The quantitative estimate of drug-likeness (QED) is 0.476. The van der Waals surface area contributed by atoms with E-state index in [0.717, 1.165) is 0 Å². The van der Waals surface area contributed by atoms with Gasteiger partial charge in [0.1, 0.15) is 5.57 Å². The molecule has 4 nitrogen and oxygen atoms in total. The third-order valence-corrected chi connectivity index (χ3v) is 2.04. The van der Waals surface area contributed by atoms with Gasteiger partial charge >= 0.3 is 5.97 Å². The van der Waals surface area contributed by atoms with Crippen LogP contribution in [-0.2, 0) is 9.59 Å². The van der Waals surface area contributed by atoms with Crippen molar-refractivity contribution in [2.45, 2.75) is 13.8 Å². The summed E-state index contributed by atoms with van der Waals surface area (Å²) in [5, 5.41) is 8.95. The molecule has 0 aliphatic carbocycles. The third kappa shape index (κ3) is 3.02. The highest BCUT2D eigenvalue weighted by Gasteiger charge is 2.19. The molecule has 0 aliphatic rings. The topological polar surface area (TPSA) is 67.3 Å². The molecule has 0 spiro atoms. The van der Waals surface area contributed by atoms with Gasteiger partial charge in [-0.25, -0.2) is 4.79 Å². The fraction of sp³-hybridized carbons (Fsp3) is 0.250. The largest absolute Gasteiger partial charge is 0.478 e. The lowest BCUT2D eigenvalue weighted by atomic mass is 9.99. The lowest BCUT2D eigenvalue weighted by Crippen LogP contribution is -2.17. The molecule has 0 amide bonds. The van der Waals surface area contributed by atoms with E-state index >= 15 is 0 Å². The molecule has 1 heterocycles. The summed E-state index contributed by atoms with van der Waals surface area (Å²) in [6, 6.07) is 3.30. The first-order valence-corrected chi connectivity index (χ1v) is 4.91.